The molecule has 5 nitrogen and oxygen atoms in total. The first kappa shape index (κ1) is 17.8. The number of hydrogen-bond donors (Lipinski definition) is 2. The highest BCUT2D eigenvalue weighted by molar-refractivity contribution is 7.14. The number of aromatic nitrogens is 1. The average molecular weight is 369 g/mol. The molecular formula is C19H16FN3O2S. The minimum absolute atomic E-state index is 0.0349. The van der Waals surface area contributed by atoms with Crippen LogP contribution in [-0.2, 0) is 11.2 Å². The second kappa shape index (κ2) is 7.88. The molecule has 3 rings (SSSR count). The van der Waals surface area contributed by atoms with E-state index in [1.807, 2.05) is 6.07 Å². The summed E-state index contributed by atoms with van der Waals surface area (Å²) in [5, 5.41) is 7.46. The molecule has 0 fully saturated rings. The average Bonchev–Trinajstić information content (AvgIpc) is 3.05. The van der Waals surface area contributed by atoms with E-state index < -0.39 is 0 Å². The topological polar surface area (TPSA) is 71.1 Å². The molecule has 2 amide bonds. The first-order valence-corrected chi connectivity index (χ1v) is 8.76. The van der Waals surface area contributed by atoms with Gasteiger partial charge >= 0.3 is 0 Å². The molecule has 26 heavy (non-hydrogen) atoms. The molecule has 0 atom stereocenters. The van der Waals surface area contributed by atoms with Gasteiger partial charge in [-0.15, -0.1) is 11.3 Å². The van der Waals surface area contributed by atoms with E-state index in [-0.39, 0.29) is 24.1 Å². The molecule has 0 saturated carbocycles. The maximum atomic E-state index is 13.5. The molecule has 2 aromatic carbocycles. The number of thiazole rings is 1. The van der Waals surface area contributed by atoms with Gasteiger partial charge in [-0.3, -0.25) is 14.9 Å². The van der Waals surface area contributed by atoms with Crippen molar-refractivity contribution >= 4 is 34.0 Å². The Hall–Kier alpha value is -3.06. The Morgan fingerprint density at radius 2 is 1.88 bits per heavy atom. The van der Waals surface area contributed by atoms with Gasteiger partial charge in [0.25, 0.3) is 5.91 Å². The molecular weight excluding hydrogens is 353 g/mol. The molecule has 0 aliphatic carbocycles. The van der Waals surface area contributed by atoms with Gasteiger partial charge in [-0.05, 0) is 36.8 Å². The predicted octanol–water partition coefficient (Wildman–Crippen LogP) is 4.02. The number of rotatable bonds is 5. The Labute approximate surface area is 153 Å². The number of amides is 2. The lowest BCUT2D eigenvalue weighted by molar-refractivity contribution is -0.115. The van der Waals surface area contributed by atoms with Crippen LogP contribution in [0.4, 0.5) is 15.2 Å². The molecule has 0 aliphatic heterocycles. The summed E-state index contributed by atoms with van der Waals surface area (Å²) in [5.41, 5.74) is 1.97. The van der Waals surface area contributed by atoms with Crippen LogP contribution in [0.3, 0.4) is 0 Å². The maximum absolute atomic E-state index is 13.5. The quantitative estimate of drug-likeness (QED) is 0.713. The van der Waals surface area contributed by atoms with Gasteiger partial charge in [-0.25, -0.2) is 9.37 Å². The molecule has 0 saturated heterocycles. The number of nitrogens with one attached hydrogen (secondary N) is 2. The van der Waals surface area contributed by atoms with E-state index in [9.17, 15) is 14.0 Å². The van der Waals surface area contributed by atoms with E-state index in [1.165, 1.54) is 17.4 Å². The first-order chi connectivity index (χ1) is 12.5. The first-order valence-electron chi connectivity index (χ1n) is 7.88. The van der Waals surface area contributed by atoms with Crippen LogP contribution in [0.2, 0.25) is 0 Å². The summed E-state index contributed by atoms with van der Waals surface area (Å²) in [6.07, 6.45) is 0.0349. The third-order valence-corrected chi connectivity index (χ3v) is 4.41. The molecule has 0 aliphatic rings. The molecule has 0 radical (unpaired) electrons. The van der Waals surface area contributed by atoms with Crippen LogP contribution in [-0.4, -0.2) is 16.8 Å². The molecule has 2 N–H and O–H groups in total. The number of benzene rings is 2. The van der Waals surface area contributed by atoms with E-state index in [0.717, 1.165) is 0 Å². The molecule has 0 unspecified atom stereocenters. The number of anilines is 2. The van der Waals surface area contributed by atoms with Crippen molar-refractivity contribution in [2.75, 3.05) is 10.6 Å². The highest BCUT2D eigenvalue weighted by atomic mass is 32.1. The van der Waals surface area contributed by atoms with Gasteiger partial charge in [0, 0.05) is 16.6 Å². The monoisotopic (exact) mass is 369 g/mol. The van der Waals surface area contributed by atoms with Crippen LogP contribution in [0.1, 0.15) is 21.6 Å². The van der Waals surface area contributed by atoms with Crippen LogP contribution in [0, 0.1) is 12.7 Å². The summed E-state index contributed by atoms with van der Waals surface area (Å²) in [7, 11) is 0. The number of carbonyl (C=O) groups is 2. The Morgan fingerprint density at radius 3 is 2.62 bits per heavy atom. The molecule has 0 bridgehead atoms. The van der Waals surface area contributed by atoms with E-state index >= 15 is 0 Å². The lowest BCUT2D eigenvalue weighted by Crippen LogP contribution is -2.15. The zero-order valence-corrected chi connectivity index (χ0v) is 14.8. The van der Waals surface area contributed by atoms with Crippen molar-refractivity contribution < 1.29 is 14.0 Å². The van der Waals surface area contributed by atoms with E-state index in [1.54, 1.807) is 48.7 Å². The minimum Gasteiger partial charge on any atom is -0.326 e. The summed E-state index contributed by atoms with van der Waals surface area (Å²) >= 11 is 1.24. The van der Waals surface area contributed by atoms with E-state index in [0.29, 0.717) is 27.6 Å². The second-order valence-corrected chi connectivity index (χ2v) is 6.51. The zero-order chi connectivity index (χ0) is 18.5. The smallest absolute Gasteiger partial charge is 0.257 e. The van der Waals surface area contributed by atoms with Crippen LogP contribution in [0.5, 0.6) is 0 Å². The van der Waals surface area contributed by atoms with E-state index in [2.05, 4.69) is 15.6 Å². The molecule has 1 aromatic heterocycles. The summed E-state index contributed by atoms with van der Waals surface area (Å²) < 4.78 is 13.5. The van der Waals surface area contributed by atoms with Gasteiger partial charge in [-0.2, -0.15) is 0 Å². The van der Waals surface area contributed by atoms with Gasteiger partial charge < -0.3 is 5.32 Å². The fraction of sp³-hybridized carbons (Fsp3) is 0.105. The predicted molar refractivity (Wildman–Crippen MR) is 100.0 cm³/mol. The fourth-order valence-electron chi connectivity index (χ4n) is 2.24. The Bertz CT molecular complexity index is 941. The number of hydrogen-bond acceptors (Lipinski definition) is 4. The highest BCUT2D eigenvalue weighted by Crippen LogP contribution is 2.18. The third-order valence-electron chi connectivity index (χ3n) is 3.61. The standard InChI is InChI=1S/C19H16FN3O2S/c1-12-7-8-14(9-16(12)20)21-17(24)10-15-11-26-19(22-15)23-18(25)13-5-3-2-4-6-13/h2-9,11H,10H2,1H3,(H,21,24)(H,22,23,25). The van der Waals surface area contributed by atoms with Crippen molar-refractivity contribution in [2.24, 2.45) is 0 Å². The fourth-order valence-corrected chi connectivity index (χ4v) is 2.95. The molecule has 1 heterocycles. The Kier molecular flexibility index (Phi) is 5.38. The summed E-state index contributed by atoms with van der Waals surface area (Å²) in [4.78, 5) is 28.4. The largest absolute Gasteiger partial charge is 0.326 e. The van der Waals surface area contributed by atoms with Crippen LogP contribution < -0.4 is 10.6 Å². The molecule has 0 spiro atoms. The number of nitrogens with zero attached hydrogens (tertiary/aromatic N) is 1. The van der Waals surface area contributed by atoms with Gasteiger partial charge in [-0.1, -0.05) is 24.3 Å². The Morgan fingerprint density at radius 1 is 1.12 bits per heavy atom. The van der Waals surface area contributed by atoms with Crippen molar-refractivity contribution in [2.45, 2.75) is 13.3 Å². The van der Waals surface area contributed by atoms with Gasteiger partial charge in [0.15, 0.2) is 5.13 Å². The molecule has 132 valence electrons. The van der Waals surface area contributed by atoms with Crippen LogP contribution >= 0.6 is 11.3 Å². The van der Waals surface area contributed by atoms with Crippen LogP contribution in [0.25, 0.3) is 0 Å². The van der Waals surface area contributed by atoms with Crippen LogP contribution in [0.15, 0.2) is 53.9 Å². The van der Waals surface area contributed by atoms with Gasteiger partial charge in [0.2, 0.25) is 5.91 Å². The minimum atomic E-state index is -0.373. The van der Waals surface area contributed by atoms with Crippen molar-refractivity contribution in [3.05, 3.63) is 76.5 Å². The molecule has 3 aromatic rings. The lowest BCUT2D eigenvalue weighted by atomic mass is 10.2. The van der Waals surface area contributed by atoms with Crippen molar-refractivity contribution in [3.63, 3.8) is 0 Å². The summed E-state index contributed by atoms with van der Waals surface area (Å²) in [5.74, 6) is -0.937. The summed E-state index contributed by atoms with van der Waals surface area (Å²) in [6.45, 7) is 1.65. The number of aryl methyl sites for hydroxylation is 1. The number of carbonyl (C=O) groups excluding carboxylic acids is 2. The normalized spacial score (nSPS) is 10.4. The van der Waals surface area contributed by atoms with Gasteiger partial charge in [0.05, 0.1) is 12.1 Å². The van der Waals surface area contributed by atoms with E-state index in [4.69, 9.17) is 0 Å². The van der Waals surface area contributed by atoms with Gasteiger partial charge in [0.1, 0.15) is 5.82 Å². The number of halogens is 1. The molecule has 7 heteroatoms. The highest BCUT2D eigenvalue weighted by Gasteiger charge is 2.11. The summed E-state index contributed by atoms with van der Waals surface area (Å²) in [6, 6.07) is 13.3. The Balaban J connectivity index is 1.58. The third kappa shape index (κ3) is 4.52. The maximum Gasteiger partial charge on any atom is 0.257 e. The second-order valence-electron chi connectivity index (χ2n) is 5.65. The van der Waals surface area contributed by atoms with Crippen molar-refractivity contribution in [1.29, 1.82) is 0 Å². The zero-order valence-electron chi connectivity index (χ0n) is 14.0. The lowest BCUT2D eigenvalue weighted by Gasteiger charge is -2.05. The van der Waals surface area contributed by atoms with Crippen molar-refractivity contribution in [3.8, 4) is 0 Å². The van der Waals surface area contributed by atoms with Crippen molar-refractivity contribution in [1.82, 2.24) is 4.98 Å². The SMILES string of the molecule is Cc1ccc(NC(=O)Cc2csc(NC(=O)c3ccccc3)n2)cc1F.